The van der Waals surface area contributed by atoms with Crippen molar-refractivity contribution in [1.29, 1.82) is 5.26 Å². The van der Waals surface area contributed by atoms with E-state index in [1.54, 1.807) is 12.1 Å². The molecule has 0 radical (unpaired) electrons. The van der Waals surface area contributed by atoms with Gasteiger partial charge >= 0.3 is 6.61 Å². The van der Waals surface area contributed by atoms with Gasteiger partial charge in [0, 0.05) is 18.7 Å². The van der Waals surface area contributed by atoms with Gasteiger partial charge in [-0.25, -0.2) is 0 Å². The maximum Gasteiger partial charge on any atom is 0.387 e. The van der Waals surface area contributed by atoms with Crippen LogP contribution in [0.2, 0.25) is 0 Å². The normalized spacial score (nSPS) is 17.2. The number of benzene rings is 1. The van der Waals surface area contributed by atoms with Gasteiger partial charge in [-0.05, 0) is 25.0 Å². The summed E-state index contributed by atoms with van der Waals surface area (Å²) < 4.78 is 40.1. The highest BCUT2D eigenvalue weighted by Gasteiger charge is 2.19. The second kappa shape index (κ2) is 8.99. The molecule has 1 heterocycles. The molecule has 0 bridgehead atoms. The van der Waals surface area contributed by atoms with E-state index in [4.69, 9.17) is 9.47 Å². The Labute approximate surface area is 144 Å². The first-order valence-electron chi connectivity index (χ1n) is 7.68. The SMILES string of the molecule is COc1cccc(/C=C(\C#N)C(=O)NC[C@H]2CCCO2)c1OC(F)F. The number of hydrogen-bond acceptors (Lipinski definition) is 5. The minimum Gasteiger partial charge on any atom is -0.493 e. The van der Waals surface area contributed by atoms with Crippen molar-refractivity contribution >= 4 is 12.0 Å². The number of nitrogens with one attached hydrogen (secondary N) is 1. The Morgan fingerprint density at radius 2 is 2.36 bits per heavy atom. The zero-order valence-electron chi connectivity index (χ0n) is 13.6. The lowest BCUT2D eigenvalue weighted by Crippen LogP contribution is -2.32. The first-order chi connectivity index (χ1) is 12.0. The summed E-state index contributed by atoms with van der Waals surface area (Å²) in [6.45, 7) is -2.13. The predicted octanol–water partition coefficient (Wildman–Crippen LogP) is 2.50. The first-order valence-corrected chi connectivity index (χ1v) is 7.68. The maximum absolute atomic E-state index is 12.6. The van der Waals surface area contributed by atoms with Crippen LogP contribution in [0.25, 0.3) is 6.08 Å². The van der Waals surface area contributed by atoms with Crippen molar-refractivity contribution in [2.45, 2.75) is 25.6 Å². The van der Waals surface area contributed by atoms with Gasteiger partial charge in [-0.1, -0.05) is 12.1 Å². The molecule has 1 atom stereocenters. The van der Waals surface area contributed by atoms with Gasteiger partial charge in [0.2, 0.25) is 0 Å². The lowest BCUT2D eigenvalue weighted by atomic mass is 10.1. The third-order valence-electron chi connectivity index (χ3n) is 3.62. The maximum atomic E-state index is 12.6. The summed E-state index contributed by atoms with van der Waals surface area (Å²) >= 11 is 0. The van der Waals surface area contributed by atoms with Crippen LogP contribution < -0.4 is 14.8 Å². The summed E-state index contributed by atoms with van der Waals surface area (Å²) in [7, 11) is 1.31. The fourth-order valence-electron chi connectivity index (χ4n) is 2.43. The van der Waals surface area contributed by atoms with E-state index in [0.29, 0.717) is 6.61 Å². The molecule has 25 heavy (non-hydrogen) atoms. The monoisotopic (exact) mass is 352 g/mol. The van der Waals surface area contributed by atoms with Crippen LogP contribution in [0.15, 0.2) is 23.8 Å². The van der Waals surface area contributed by atoms with Crippen molar-refractivity contribution in [2.24, 2.45) is 0 Å². The Kier molecular flexibility index (Phi) is 6.71. The first kappa shape index (κ1) is 18.7. The predicted molar refractivity (Wildman–Crippen MR) is 85.2 cm³/mol. The average molecular weight is 352 g/mol. The lowest BCUT2D eigenvalue weighted by Gasteiger charge is -2.13. The van der Waals surface area contributed by atoms with Crippen molar-refractivity contribution < 1.29 is 27.8 Å². The zero-order chi connectivity index (χ0) is 18.2. The van der Waals surface area contributed by atoms with Gasteiger partial charge in [0.1, 0.15) is 11.6 Å². The van der Waals surface area contributed by atoms with Gasteiger partial charge in [-0.15, -0.1) is 0 Å². The molecule has 0 spiro atoms. The van der Waals surface area contributed by atoms with E-state index in [1.807, 2.05) is 0 Å². The number of methoxy groups -OCH3 is 1. The molecule has 0 aliphatic carbocycles. The Morgan fingerprint density at radius 1 is 1.56 bits per heavy atom. The van der Waals surface area contributed by atoms with Crippen molar-refractivity contribution in [2.75, 3.05) is 20.3 Å². The van der Waals surface area contributed by atoms with Crippen LogP contribution in [0.5, 0.6) is 11.5 Å². The molecule has 8 heteroatoms. The molecule has 1 aliphatic heterocycles. The molecule has 0 unspecified atom stereocenters. The number of carbonyl (C=O) groups is 1. The average Bonchev–Trinajstić information content (AvgIpc) is 3.11. The van der Waals surface area contributed by atoms with Crippen molar-refractivity contribution in [3.05, 3.63) is 29.3 Å². The Bertz CT molecular complexity index is 680. The van der Waals surface area contributed by atoms with E-state index in [0.717, 1.165) is 12.8 Å². The number of halogens is 2. The molecule has 1 N–H and O–H groups in total. The molecule has 1 amide bonds. The number of para-hydroxylation sites is 1. The van der Waals surface area contributed by atoms with Crippen LogP contribution in [-0.2, 0) is 9.53 Å². The number of ether oxygens (including phenoxy) is 3. The number of hydrogen-bond donors (Lipinski definition) is 1. The Morgan fingerprint density at radius 3 is 2.96 bits per heavy atom. The van der Waals surface area contributed by atoms with Crippen LogP contribution >= 0.6 is 0 Å². The van der Waals surface area contributed by atoms with Crippen LogP contribution in [0.3, 0.4) is 0 Å². The van der Waals surface area contributed by atoms with E-state index in [9.17, 15) is 18.8 Å². The molecule has 1 fully saturated rings. The molecule has 2 rings (SSSR count). The van der Waals surface area contributed by atoms with Crippen LogP contribution in [-0.4, -0.2) is 38.9 Å². The molecular formula is C17H18F2N2O4. The van der Waals surface area contributed by atoms with Crippen LogP contribution in [0, 0.1) is 11.3 Å². The van der Waals surface area contributed by atoms with E-state index in [-0.39, 0.29) is 35.3 Å². The van der Waals surface area contributed by atoms with Gasteiger partial charge in [0.25, 0.3) is 5.91 Å². The fourth-order valence-corrected chi connectivity index (χ4v) is 2.43. The molecule has 134 valence electrons. The third-order valence-corrected chi connectivity index (χ3v) is 3.62. The number of amides is 1. The minimum absolute atomic E-state index is 0.0709. The number of nitriles is 1. The Hall–Kier alpha value is -2.66. The lowest BCUT2D eigenvalue weighted by molar-refractivity contribution is -0.117. The summed E-state index contributed by atoms with van der Waals surface area (Å²) in [4.78, 5) is 12.1. The summed E-state index contributed by atoms with van der Waals surface area (Å²) in [6.07, 6.45) is 2.89. The molecule has 1 aromatic carbocycles. The minimum atomic E-state index is -3.07. The zero-order valence-corrected chi connectivity index (χ0v) is 13.6. The van der Waals surface area contributed by atoms with Crippen molar-refractivity contribution in [3.63, 3.8) is 0 Å². The summed E-state index contributed by atoms with van der Waals surface area (Å²) in [5, 5.41) is 11.8. The summed E-state index contributed by atoms with van der Waals surface area (Å²) in [5.41, 5.74) is -0.0890. The number of carbonyl (C=O) groups excluding carboxylic acids is 1. The van der Waals surface area contributed by atoms with E-state index in [2.05, 4.69) is 10.1 Å². The molecule has 6 nitrogen and oxygen atoms in total. The number of alkyl halides is 2. The highest BCUT2D eigenvalue weighted by Crippen LogP contribution is 2.33. The second-order valence-corrected chi connectivity index (χ2v) is 5.27. The smallest absolute Gasteiger partial charge is 0.387 e. The molecule has 0 aromatic heterocycles. The Balaban J connectivity index is 2.20. The second-order valence-electron chi connectivity index (χ2n) is 5.27. The highest BCUT2D eigenvalue weighted by molar-refractivity contribution is 6.02. The van der Waals surface area contributed by atoms with E-state index < -0.39 is 12.5 Å². The molecule has 0 saturated carbocycles. The van der Waals surface area contributed by atoms with E-state index in [1.165, 1.54) is 25.3 Å². The molecule has 1 saturated heterocycles. The molecule has 1 aromatic rings. The number of rotatable bonds is 7. The molecule has 1 aliphatic rings. The van der Waals surface area contributed by atoms with Crippen molar-refractivity contribution in [3.8, 4) is 17.6 Å². The molecular weight excluding hydrogens is 334 g/mol. The number of nitrogens with zero attached hydrogens (tertiary/aromatic N) is 1. The van der Waals surface area contributed by atoms with Gasteiger partial charge in [-0.2, -0.15) is 14.0 Å². The standard InChI is InChI=1S/C17H18F2N2O4/c1-23-14-6-2-4-11(15(14)25-17(18)19)8-12(9-20)16(22)21-10-13-5-3-7-24-13/h2,4,6,8,13,17H,3,5,7,10H2,1H3,(H,21,22)/b12-8+/t13-/m1/s1. The van der Waals surface area contributed by atoms with Gasteiger partial charge in [-0.3, -0.25) is 4.79 Å². The van der Waals surface area contributed by atoms with Gasteiger partial charge in [0.15, 0.2) is 11.5 Å². The van der Waals surface area contributed by atoms with Gasteiger partial charge < -0.3 is 19.5 Å². The van der Waals surface area contributed by atoms with Gasteiger partial charge in [0.05, 0.1) is 13.2 Å². The summed E-state index contributed by atoms with van der Waals surface area (Å²) in [5.74, 6) is -0.769. The van der Waals surface area contributed by atoms with Crippen molar-refractivity contribution in [1.82, 2.24) is 5.32 Å². The largest absolute Gasteiger partial charge is 0.493 e. The fraction of sp³-hybridized carbons (Fsp3) is 0.412. The topological polar surface area (TPSA) is 80.6 Å². The highest BCUT2D eigenvalue weighted by atomic mass is 19.3. The quantitative estimate of drug-likeness (QED) is 0.602. The van der Waals surface area contributed by atoms with Crippen LogP contribution in [0.4, 0.5) is 8.78 Å². The third kappa shape index (κ3) is 5.16. The summed E-state index contributed by atoms with van der Waals surface area (Å²) in [6, 6.07) is 6.20. The van der Waals surface area contributed by atoms with E-state index >= 15 is 0 Å². The van der Waals surface area contributed by atoms with Crippen LogP contribution in [0.1, 0.15) is 18.4 Å².